The number of aromatic nitrogens is 2. The maximum atomic E-state index is 12.8. The third kappa shape index (κ3) is 3.56. The molecule has 0 unspecified atom stereocenters. The number of amides is 1. The summed E-state index contributed by atoms with van der Waals surface area (Å²) < 4.78 is 7.26. The largest absolute Gasteiger partial charge is 0.480 e. The zero-order chi connectivity index (χ0) is 18.0. The first-order valence-corrected chi connectivity index (χ1v) is 9.11. The highest BCUT2D eigenvalue weighted by Crippen LogP contribution is 2.33. The molecule has 0 bridgehead atoms. The lowest BCUT2D eigenvalue weighted by Gasteiger charge is -2.36. The Bertz CT molecular complexity index is 641. The molecule has 1 saturated heterocycles. The number of hydrogen-bond acceptors (Lipinski definition) is 4. The monoisotopic (exact) mass is 349 g/mol. The molecule has 2 fully saturated rings. The van der Waals surface area contributed by atoms with Gasteiger partial charge in [-0.1, -0.05) is 6.92 Å². The lowest BCUT2D eigenvalue weighted by Crippen LogP contribution is -2.56. The highest BCUT2D eigenvalue weighted by molar-refractivity contribution is 5.98. The summed E-state index contributed by atoms with van der Waals surface area (Å²) in [7, 11) is 0. The van der Waals surface area contributed by atoms with Crippen LogP contribution < -0.4 is 5.32 Å². The second-order valence-corrected chi connectivity index (χ2v) is 7.46. The Morgan fingerprint density at radius 3 is 2.52 bits per heavy atom. The number of aliphatic carboxylic acids is 1. The SMILES string of the molecule is Cc1c(C(=O)NC2(C(=O)O)CCC(C)CC2)cnn1C1CCOCC1. The van der Waals surface area contributed by atoms with Crippen molar-refractivity contribution in [3.05, 3.63) is 17.5 Å². The summed E-state index contributed by atoms with van der Waals surface area (Å²) in [6.45, 7) is 5.39. The van der Waals surface area contributed by atoms with Crippen molar-refractivity contribution in [3.63, 3.8) is 0 Å². The van der Waals surface area contributed by atoms with Crippen molar-refractivity contribution >= 4 is 11.9 Å². The average molecular weight is 349 g/mol. The van der Waals surface area contributed by atoms with Crippen LogP contribution in [0.3, 0.4) is 0 Å². The Kier molecular flexibility index (Phi) is 5.13. The van der Waals surface area contributed by atoms with Gasteiger partial charge >= 0.3 is 5.97 Å². The first-order valence-electron chi connectivity index (χ1n) is 9.11. The van der Waals surface area contributed by atoms with Gasteiger partial charge in [-0.15, -0.1) is 0 Å². The second-order valence-electron chi connectivity index (χ2n) is 7.46. The van der Waals surface area contributed by atoms with Crippen LogP contribution in [0.15, 0.2) is 6.20 Å². The molecule has 3 rings (SSSR count). The van der Waals surface area contributed by atoms with E-state index in [1.54, 1.807) is 6.20 Å². The summed E-state index contributed by atoms with van der Waals surface area (Å²) in [5, 5.41) is 16.9. The van der Waals surface area contributed by atoms with Crippen LogP contribution in [0.5, 0.6) is 0 Å². The van der Waals surface area contributed by atoms with Crippen LogP contribution in [0, 0.1) is 12.8 Å². The number of carbonyl (C=O) groups is 2. The number of carboxylic acid groups (broad SMARTS) is 1. The van der Waals surface area contributed by atoms with Crippen LogP contribution in [0.2, 0.25) is 0 Å². The van der Waals surface area contributed by atoms with E-state index in [0.717, 1.165) is 31.4 Å². The van der Waals surface area contributed by atoms with Gasteiger partial charge in [0.05, 0.1) is 17.8 Å². The Morgan fingerprint density at radius 2 is 1.92 bits per heavy atom. The van der Waals surface area contributed by atoms with Crippen molar-refractivity contribution in [1.82, 2.24) is 15.1 Å². The molecule has 1 aliphatic carbocycles. The van der Waals surface area contributed by atoms with Crippen LogP contribution in [0.4, 0.5) is 0 Å². The Hall–Kier alpha value is -1.89. The lowest BCUT2D eigenvalue weighted by atomic mass is 9.77. The summed E-state index contributed by atoms with van der Waals surface area (Å²) in [4.78, 5) is 24.6. The van der Waals surface area contributed by atoms with E-state index in [1.165, 1.54) is 0 Å². The topological polar surface area (TPSA) is 93.5 Å². The zero-order valence-corrected chi connectivity index (χ0v) is 15.0. The predicted octanol–water partition coefficient (Wildman–Crippen LogP) is 2.31. The fourth-order valence-electron chi connectivity index (χ4n) is 3.88. The standard InChI is InChI=1S/C18H27N3O4/c1-12-3-7-18(8-4-12,17(23)24)20-16(22)15-11-19-21(13(15)2)14-5-9-25-10-6-14/h11-12,14H,3-10H2,1-2H3,(H,20,22)(H,23,24). The first-order chi connectivity index (χ1) is 11.9. The molecule has 1 aliphatic heterocycles. The molecule has 7 nitrogen and oxygen atoms in total. The van der Waals surface area contributed by atoms with Crippen LogP contribution in [0.25, 0.3) is 0 Å². The molecule has 2 heterocycles. The zero-order valence-electron chi connectivity index (χ0n) is 15.0. The molecule has 25 heavy (non-hydrogen) atoms. The van der Waals surface area contributed by atoms with Crippen LogP contribution in [-0.2, 0) is 9.53 Å². The number of nitrogens with one attached hydrogen (secondary N) is 1. The third-order valence-electron chi connectivity index (χ3n) is 5.72. The van der Waals surface area contributed by atoms with Gasteiger partial charge in [0.25, 0.3) is 5.91 Å². The molecular formula is C18H27N3O4. The minimum atomic E-state index is -1.16. The second kappa shape index (κ2) is 7.15. The Morgan fingerprint density at radius 1 is 1.28 bits per heavy atom. The fourth-order valence-corrected chi connectivity index (χ4v) is 3.88. The summed E-state index contributed by atoms with van der Waals surface area (Å²) in [5.74, 6) is -0.780. The lowest BCUT2D eigenvalue weighted by molar-refractivity contribution is -0.146. The van der Waals surface area contributed by atoms with Gasteiger partial charge < -0.3 is 15.2 Å². The highest BCUT2D eigenvalue weighted by atomic mass is 16.5. The smallest absolute Gasteiger partial charge is 0.329 e. The number of hydrogen-bond donors (Lipinski definition) is 2. The van der Waals surface area contributed by atoms with E-state index in [1.807, 2.05) is 11.6 Å². The van der Waals surface area contributed by atoms with Gasteiger partial charge in [-0.2, -0.15) is 5.10 Å². The molecule has 1 aromatic rings. The van der Waals surface area contributed by atoms with Crippen molar-refractivity contribution in [2.45, 2.75) is 64.0 Å². The predicted molar refractivity (Wildman–Crippen MR) is 91.5 cm³/mol. The number of ether oxygens (including phenoxy) is 1. The van der Waals surface area contributed by atoms with E-state index in [-0.39, 0.29) is 11.9 Å². The number of carboxylic acids is 1. The van der Waals surface area contributed by atoms with Crippen LogP contribution >= 0.6 is 0 Å². The van der Waals surface area contributed by atoms with Gasteiger partial charge in [-0.25, -0.2) is 4.79 Å². The maximum absolute atomic E-state index is 12.8. The van der Waals surface area contributed by atoms with E-state index >= 15 is 0 Å². The van der Waals surface area contributed by atoms with Gasteiger partial charge in [0.15, 0.2) is 0 Å². The molecule has 1 saturated carbocycles. The minimum Gasteiger partial charge on any atom is -0.480 e. The molecule has 1 aromatic heterocycles. The summed E-state index contributed by atoms with van der Waals surface area (Å²) >= 11 is 0. The number of rotatable bonds is 4. The Balaban J connectivity index is 1.76. The van der Waals surface area contributed by atoms with Gasteiger partial charge in [-0.05, 0) is 51.4 Å². The van der Waals surface area contributed by atoms with E-state index in [2.05, 4.69) is 17.3 Å². The van der Waals surface area contributed by atoms with E-state index in [0.29, 0.717) is 37.5 Å². The van der Waals surface area contributed by atoms with Gasteiger partial charge in [0, 0.05) is 18.9 Å². The Labute approximate surface area is 147 Å². The molecule has 0 atom stereocenters. The summed E-state index contributed by atoms with van der Waals surface area (Å²) in [5.41, 5.74) is 0.0939. The molecule has 0 spiro atoms. The summed E-state index contributed by atoms with van der Waals surface area (Å²) in [6, 6.07) is 0.235. The van der Waals surface area contributed by atoms with Gasteiger partial charge in [-0.3, -0.25) is 9.48 Å². The molecular weight excluding hydrogens is 322 g/mol. The fraction of sp³-hybridized carbons (Fsp3) is 0.722. The van der Waals surface area contributed by atoms with E-state index in [4.69, 9.17) is 4.74 Å². The molecule has 0 radical (unpaired) electrons. The van der Waals surface area contributed by atoms with Crippen molar-refractivity contribution in [2.24, 2.45) is 5.92 Å². The molecule has 2 N–H and O–H groups in total. The number of carbonyl (C=O) groups excluding carboxylic acids is 1. The summed E-state index contributed by atoms with van der Waals surface area (Å²) in [6.07, 6.45) is 5.88. The van der Waals surface area contributed by atoms with Gasteiger partial charge in [0.2, 0.25) is 0 Å². The maximum Gasteiger partial charge on any atom is 0.329 e. The van der Waals surface area contributed by atoms with Crippen LogP contribution in [-0.4, -0.2) is 45.5 Å². The van der Waals surface area contributed by atoms with Crippen LogP contribution in [0.1, 0.15) is 67.5 Å². The molecule has 2 aliphatic rings. The molecule has 1 amide bonds. The van der Waals surface area contributed by atoms with E-state index < -0.39 is 11.5 Å². The molecule has 0 aromatic carbocycles. The third-order valence-corrected chi connectivity index (χ3v) is 5.72. The molecule has 138 valence electrons. The van der Waals surface area contributed by atoms with Crippen molar-refractivity contribution in [2.75, 3.05) is 13.2 Å². The highest BCUT2D eigenvalue weighted by Gasteiger charge is 2.43. The van der Waals surface area contributed by atoms with Crippen molar-refractivity contribution in [1.29, 1.82) is 0 Å². The normalized spacial score (nSPS) is 27.8. The first kappa shape index (κ1) is 17.9. The number of nitrogens with zero attached hydrogens (tertiary/aromatic N) is 2. The van der Waals surface area contributed by atoms with Gasteiger partial charge in [0.1, 0.15) is 5.54 Å². The average Bonchev–Trinajstić information content (AvgIpc) is 2.99. The van der Waals surface area contributed by atoms with Crippen molar-refractivity contribution < 1.29 is 19.4 Å². The minimum absolute atomic E-state index is 0.235. The van der Waals surface area contributed by atoms with Crippen molar-refractivity contribution in [3.8, 4) is 0 Å². The quantitative estimate of drug-likeness (QED) is 0.870. The molecule has 7 heteroatoms. The van der Waals surface area contributed by atoms with E-state index in [9.17, 15) is 14.7 Å².